The van der Waals surface area contributed by atoms with Gasteiger partial charge in [-0.05, 0) is 60.1 Å². The maximum atomic E-state index is 11.4. The lowest BCUT2D eigenvalue weighted by Crippen LogP contribution is -2.46. The van der Waals surface area contributed by atoms with E-state index < -0.39 is 22.7 Å². The van der Waals surface area contributed by atoms with Crippen LogP contribution in [-0.4, -0.2) is 53.1 Å². The second-order valence-corrected chi connectivity index (χ2v) is 24.2. The van der Waals surface area contributed by atoms with Crippen molar-refractivity contribution in [3.8, 4) is 0 Å². The molecule has 0 unspecified atom stereocenters. The van der Waals surface area contributed by atoms with Crippen molar-refractivity contribution in [2.45, 2.75) is 123 Å². The fraction of sp³-hybridized carbons (Fsp3) is 0.629. The topological polar surface area (TPSA) is 65.0 Å². The zero-order valence-corrected chi connectivity index (χ0v) is 30.7. The number of allylic oxidation sites excluding steroid dienone is 2. The first-order valence-corrected chi connectivity index (χ1v) is 21.2. The molecule has 1 aromatic carbocycles. The summed E-state index contributed by atoms with van der Waals surface area (Å²) in [4.78, 5) is 11.4. The fourth-order valence-electron chi connectivity index (χ4n) is 3.97. The van der Waals surface area contributed by atoms with E-state index >= 15 is 0 Å². The number of hydrogen-bond donors (Lipinski definition) is 1. The number of aliphatic hydroxyl groups is 1. The SMILES string of the molecule is COC(=O)/C=C\C=C\[C@@H](C)[C@H](C[C@H](O)/C=C\[C@H](C)[C@@H](Cc1ccccc1)O[Si](C)(C)C(C)(C)C)O[Si](C)(C)C(C)(C)C. The molecule has 0 saturated heterocycles. The summed E-state index contributed by atoms with van der Waals surface area (Å²) < 4.78 is 18.4. The van der Waals surface area contributed by atoms with E-state index in [1.165, 1.54) is 18.7 Å². The first-order chi connectivity index (χ1) is 19.2. The lowest BCUT2D eigenvalue weighted by Gasteiger charge is -2.41. The monoisotopic (exact) mass is 616 g/mol. The Labute approximate surface area is 259 Å². The van der Waals surface area contributed by atoms with E-state index in [0.29, 0.717) is 6.42 Å². The Balaban J connectivity index is 3.16. The molecule has 5 nitrogen and oxygen atoms in total. The van der Waals surface area contributed by atoms with Crippen LogP contribution in [0.5, 0.6) is 0 Å². The third kappa shape index (κ3) is 12.8. The van der Waals surface area contributed by atoms with Crippen molar-refractivity contribution >= 4 is 22.6 Å². The largest absolute Gasteiger partial charge is 0.466 e. The minimum atomic E-state index is -2.10. The number of benzene rings is 1. The number of aliphatic hydroxyl groups excluding tert-OH is 1. The highest BCUT2D eigenvalue weighted by Crippen LogP contribution is 2.40. The van der Waals surface area contributed by atoms with Gasteiger partial charge in [0.1, 0.15) is 0 Å². The van der Waals surface area contributed by atoms with Gasteiger partial charge in [-0.3, -0.25) is 0 Å². The van der Waals surface area contributed by atoms with Crippen molar-refractivity contribution in [2.75, 3.05) is 7.11 Å². The summed E-state index contributed by atoms with van der Waals surface area (Å²) in [6.45, 7) is 26.9. The molecular weight excluding hydrogens is 557 g/mol. The van der Waals surface area contributed by atoms with Crippen LogP contribution in [0.4, 0.5) is 0 Å². The second kappa shape index (κ2) is 16.3. The van der Waals surface area contributed by atoms with Gasteiger partial charge in [-0.15, -0.1) is 0 Å². The number of carbonyl (C=O) groups excluding carboxylic acids is 1. The first-order valence-electron chi connectivity index (χ1n) is 15.4. The average molecular weight is 617 g/mol. The van der Waals surface area contributed by atoms with Gasteiger partial charge in [0.2, 0.25) is 0 Å². The molecule has 1 rings (SSSR count). The molecule has 0 aliphatic rings. The number of methoxy groups -OCH3 is 1. The van der Waals surface area contributed by atoms with Crippen LogP contribution in [0.25, 0.3) is 0 Å². The molecule has 0 aromatic heterocycles. The Morgan fingerprint density at radius 1 is 0.810 bits per heavy atom. The van der Waals surface area contributed by atoms with Gasteiger partial charge in [0.15, 0.2) is 16.6 Å². The van der Waals surface area contributed by atoms with Gasteiger partial charge >= 0.3 is 5.97 Å². The smallest absolute Gasteiger partial charge is 0.330 e. The van der Waals surface area contributed by atoms with Gasteiger partial charge in [0.05, 0.1) is 25.4 Å². The molecule has 0 spiro atoms. The van der Waals surface area contributed by atoms with Crippen LogP contribution in [0.1, 0.15) is 67.4 Å². The molecule has 1 N–H and O–H groups in total. The van der Waals surface area contributed by atoms with Crippen molar-refractivity contribution in [3.05, 3.63) is 72.4 Å². The van der Waals surface area contributed by atoms with E-state index in [2.05, 4.69) is 117 Å². The number of ether oxygens (including phenoxy) is 1. The maximum absolute atomic E-state index is 11.4. The molecule has 7 heteroatoms. The van der Waals surface area contributed by atoms with Crippen molar-refractivity contribution < 1.29 is 23.5 Å². The normalized spacial score (nSPS) is 17.5. The Kier molecular flexibility index (Phi) is 14.9. The molecule has 0 fully saturated rings. The molecule has 0 heterocycles. The van der Waals surface area contributed by atoms with Gasteiger partial charge in [0, 0.05) is 12.5 Å². The summed E-state index contributed by atoms with van der Waals surface area (Å²) in [5, 5.41) is 11.4. The van der Waals surface area contributed by atoms with Gasteiger partial charge in [0.25, 0.3) is 0 Å². The molecule has 0 bridgehead atoms. The van der Waals surface area contributed by atoms with Crippen LogP contribution >= 0.6 is 0 Å². The number of carbonyl (C=O) groups is 1. The summed E-state index contributed by atoms with van der Waals surface area (Å²) >= 11 is 0. The molecule has 0 aliphatic heterocycles. The van der Waals surface area contributed by atoms with Crippen LogP contribution in [0.15, 0.2) is 66.8 Å². The number of hydrogen-bond acceptors (Lipinski definition) is 5. The zero-order valence-electron chi connectivity index (χ0n) is 28.7. The predicted octanol–water partition coefficient (Wildman–Crippen LogP) is 8.87. The Morgan fingerprint density at radius 2 is 1.31 bits per heavy atom. The van der Waals surface area contributed by atoms with E-state index in [0.717, 1.165) is 6.42 Å². The van der Waals surface area contributed by atoms with E-state index in [4.69, 9.17) is 8.85 Å². The lowest BCUT2D eigenvalue weighted by molar-refractivity contribution is -0.134. The lowest BCUT2D eigenvalue weighted by atomic mass is 9.95. The van der Waals surface area contributed by atoms with E-state index in [9.17, 15) is 9.90 Å². The molecule has 5 atom stereocenters. The quantitative estimate of drug-likeness (QED) is 0.0701. The van der Waals surface area contributed by atoms with Crippen LogP contribution in [0.3, 0.4) is 0 Å². The Morgan fingerprint density at radius 3 is 1.81 bits per heavy atom. The highest BCUT2D eigenvalue weighted by molar-refractivity contribution is 6.74. The highest BCUT2D eigenvalue weighted by atomic mass is 28.4. The van der Waals surface area contributed by atoms with Crippen molar-refractivity contribution in [1.82, 2.24) is 0 Å². The van der Waals surface area contributed by atoms with Crippen LogP contribution in [0.2, 0.25) is 36.3 Å². The molecule has 0 radical (unpaired) electrons. The first kappa shape index (κ1) is 38.2. The van der Waals surface area contributed by atoms with Crippen LogP contribution in [0, 0.1) is 11.8 Å². The third-order valence-electron chi connectivity index (χ3n) is 9.03. The zero-order chi connectivity index (χ0) is 32.4. The van der Waals surface area contributed by atoms with Gasteiger partial charge in [-0.25, -0.2) is 4.79 Å². The standard InChI is InChI=1S/C35H60O5Si2/c1-27(19-17-18-22-33(37)38-9)32(40-42(12,13)35(6,7)8)26-30(36)24-23-28(2)31(25-29-20-15-14-16-21-29)39-41(10,11)34(3,4)5/h14-24,27-28,30-32,36H,25-26H2,1-13H3/b19-17+,22-18-,24-23-/t27-,28+,30-,31-,32+/m1/s1. The van der Waals surface area contributed by atoms with Crippen molar-refractivity contribution in [1.29, 1.82) is 0 Å². The number of rotatable bonds is 15. The summed E-state index contributed by atoms with van der Waals surface area (Å²) in [6.07, 6.45) is 11.5. The van der Waals surface area contributed by atoms with Gasteiger partial charge in [-0.2, -0.15) is 0 Å². The van der Waals surface area contributed by atoms with Crippen LogP contribution in [-0.2, 0) is 24.8 Å². The van der Waals surface area contributed by atoms with Crippen molar-refractivity contribution in [2.24, 2.45) is 11.8 Å². The summed E-state index contributed by atoms with van der Waals surface area (Å²) in [6, 6.07) is 10.5. The molecule has 238 valence electrons. The third-order valence-corrected chi connectivity index (χ3v) is 18.0. The average Bonchev–Trinajstić information content (AvgIpc) is 2.87. The predicted molar refractivity (Wildman–Crippen MR) is 183 cm³/mol. The van der Waals surface area contributed by atoms with E-state index in [1.54, 1.807) is 6.08 Å². The molecule has 0 aliphatic carbocycles. The number of esters is 1. The minimum Gasteiger partial charge on any atom is -0.466 e. The summed E-state index contributed by atoms with van der Waals surface area (Å²) in [7, 11) is -2.74. The molecule has 0 amide bonds. The van der Waals surface area contributed by atoms with Gasteiger partial charge in [-0.1, -0.05) is 116 Å². The fourth-order valence-corrected chi connectivity index (χ4v) is 6.80. The highest BCUT2D eigenvalue weighted by Gasteiger charge is 2.41. The molecule has 1 aromatic rings. The maximum Gasteiger partial charge on any atom is 0.330 e. The molecule has 0 saturated carbocycles. The van der Waals surface area contributed by atoms with E-state index in [1.807, 2.05) is 24.3 Å². The van der Waals surface area contributed by atoms with Gasteiger partial charge < -0.3 is 18.7 Å². The summed E-state index contributed by atoms with van der Waals surface area (Å²) in [5.74, 6) is -0.233. The molecule has 42 heavy (non-hydrogen) atoms. The second-order valence-electron chi connectivity index (χ2n) is 14.7. The molecular formula is C35H60O5Si2. The van der Waals surface area contributed by atoms with E-state index in [-0.39, 0.29) is 40.1 Å². The Bertz CT molecular complexity index is 1030. The summed E-state index contributed by atoms with van der Waals surface area (Å²) in [5.41, 5.74) is 1.26. The minimum absolute atomic E-state index is 0.0134. The Hall–Kier alpha value is -1.78. The van der Waals surface area contributed by atoms with Crippen LogP contribution < -0.4 is 0 Å². The van der Waals surface area contributed by atoms with Crippen molar-refractivity contribution in [3.63, 3.8) is 0 Å².